The molecular weight excluding hydrogens is 286 g/mol. The lowest BCUT2D eigenvalue weighted by atomic mass is 10.1. The van der Waals surface area contributed by atoms with E-state index >= 15 is 0 Å². The van der Waals surface area contributed by atoms with E-state index in [2.05, 4.69) is 4.98 Å². The van der Waals surface area contributed by atoms with Crippen molar-refractivity contribution in [3.8, 4) is 0 Å². The van der Waals surface area contributed by atoms with E-state index in [4.69, 9.17) is 5.11 Å². The first-order valence-electron chi connectivity index (χ1n) is 7.25. The topological polar surface area (TPSA) is 90.8 Å². The summed E-state index contributed by atoms with van der Waals surface area (Å²) in [5.74, 6) is -1.49. The highest BCUT2D eigenvalue weighted by molar-refractivity contribution is 6.00. The van der Waals surface area contributed by atoms with E-state index in [9.17, 15) is 14.4 Å². The molecule has 0 radical (unpaired) electrons. The summed E-state index contributed by atoms with van der Waals surface area (Å²) in [6.07, 6.45) is 2.35. The minimum absolute atomic E-state index is 0.0925. The van der Waals surface area contributed by atoms with Crippen molar-refractivity contribution in [3.63, 3.8) is 0 Å². The molecular formula is C15H19N3O4. The van der Waals surface area contributed by atoms with Gasteiger partial charge in [0.1, 0.15) is 12.4 Å². The minimum Gasteiger partial charge on any atom is -0.480 e. The molecule has 2 rings (SSSR count). The van der Waals surface area contributed by atoms with Gasteiger partial charge in [-0.05, 0) is 18.6 Å². The summed E-state index contributed by atoms with van der Waals surface area (Å²) < 4.78 is 0. The smallest absolute Gasteiger partial charge is 0.323 e. The van der Waals surface area contributed by atoms with Gasteiger partial charge < -0.3 is 10.0 Å². The number of carboxylic acid groups (broad SMARTS) is 1. The van der Waals surface area contributed by atoms with Crippen LogP contribution in [0.4, 0.5) is 5.82 Å². The second-order valence-electron chi connectivity index (χ2n) is 5.25. The Kier molecular flexibility index (Phi) is 5.08. The molecule has 1 aromatic heterocycles. The molecule has 1 aromatic rings. The Morgan fingerprint density at radius 2 is 2.23 bits per heavy atom. The quantitative estimate of drug-likeness (QED) is 0.838. The van der Waals surface area contributed by atoms with Gasteiger partial charge >= 0.3 is 5.97 Å². The number of aromatic nitrogens is 1. The molecule has 2 heterocycles. The lowest BCUT2D eigenvalue weighted by Gasteiger charge is -2.23. The summed E-state index contributed by atoms with van der Waals surface area (Å²) in [7, 11) is 0. The van der Waals surface area contributed by atoms with Crippen molar-refractivity contribution >= 4 is 23.6 Å². The maximum Gasteiger partial charge on any atom is 0.323 e. The van der Waals surface area contributed by atoms with Crippen LogP contribution in [0.3, 0.4) is 0 Å². The van der Waals surface area contributed by atoms with Crippen molar-refractivity contribution in [3.05, 3.63) is 24.4 Å². The van der Waals surface area contributed by atoms with Crippen LogP contribution < -0.4 is 4.90 Å². The van der Waals surface area contributed by atoms with E-state index in [0.29, 0.717) is 18.8 Å². The number of pyridine rings is 1. The maximum atomic E-state index is 12.5. The van der Waals surface area contributed by atoms with E-state index in [0.717, 1.165) is 0 Å². The first kappa shape index (κ1) is 15.9. The molecule has 22 heavy (non-hydrogen) atoms. The van der Waals surface area contributed by atoms with Crippen LogP contribution in [-0.4, -0.2) is 52.4 Å². The summed E-state index contributed by atoms with van der Waals surface area (Å²) >= 11 is 0. The fourth-order valence-corrected chi connectivity index (χ4v) is 2.57. The van der Waals surface area contributed by atoms with Crippen molar-refractivity contribution in [1.82, 2.24) is 9.88 Å². The second-order valence-corrected chi connectivity index (χ2v) is 5.25. The minimum atomic E-state index is -1.05. The molecule has 7 nitrogen and oxygen atoms in total. The number of rotatable bonds is 6. The van der Waals surface area contributed by atoms with Gasteiger partial charge in [-0.1, -0.05) is 13.0 Å². The molecule has 1 unspecified atom stereocenters. The van der Waals surface area contributed by atoms with Gasteiger partial charge in [-0.15, -0.1) is 0 Å². The Hall–Kier alpha value is -2.44. The third-order valence-corrected chi connectivity index (χ3v) is 3.53. The molecule has 1 fully saturated rings. The molecule has 1 aliphatic heterocycles. The molecule has 1 saturated heterocycles. The van der Waals surface area contributed by atoms with Crippen LogP contribution in [0.2, 0.25) is 0 Å². The predicted molar refractivity (Wildman–Crippen MR) is 79.2 cm³/mol. The molecule has 1 aliphatic rings. The summed E-state index contributed by atoms with van der Waals surface area (Å²) in [4.78, 5) is 42.3. The number of aliphatic carboxylic acids is 1. The molecule has 2 amide bonds. The standard InChI is InChI=1S/C15H19N3O4/c1-2-7-17(10-14(20)21)15(22)11-8-13(19)18(9-11)12-5-3-4-6-16-12/h3-6,11H,2,7-10H2,1H3,(H,20,21). The fraction of sp³-hybridized carbons (Fsp3) is 0.467. The van der Waals surface area contributed by atoms with Gasteiger partial charge in [-0.3, -0.25) is 19.3 Å². The lowest BCUT2D eigenvalue weighted by molar-refractivity contribution is -0.146. The largest absolute Gasteiger partial charge is 0.480 e. The van der Waals surface area contributed by atoms with E-state index in [-0.39, 0.29) is 31.3 Å². The molecule has 0 bridgehead atoms. The summed E-state index contributed by atoms with van der Waals surface area (Å²) in [5.41, 5.74) is 0. The van der Waals surface area contributed by atoms with Crippen LogP contribution in [0, 0.1) is 5.92 Å². The Morgan fingerprint density at radius 1 is 1.45 bits per heavy atom. The van der Waals surface area contributed by atoms with Gasteiger partial charge in [0.15, 0.2) is 0 Å². The Morgan fingerprint density at radius 3 is 2.82 bits per heavy atom. The highest BCUT2D eigenvalue weighted by atomic mass is 16.4. The highest BCUT2D eigenvalue weighted by Gasteiger charge is 2.37. The zero-order chi connectivity index (χ0) is 16.1. The summed E-state index contributed by atoms with van der Waals surface area (Å²) in [6, 6.07) is 5.24. The number of carbonyl (C=O) groups is 3. The maximum absolute atomic E-state index is 12.5. The molecule has 7 heteroatoms. The molecule has 1 N–H and O–H groups in total. The summed E-state index contributed by atoms with van der Waals surface area (Å²) in [6.45, 7) is 2.16. The molecule has 118 valence electrons. The molecule has 1 atom stereocenters. The van der Waals surface area contributed by atoms with Gasteiger partial charge in [0.05, 0.1) is 5.92 Å². The Balaban J connectivity index is 2.08. The number of amides is 2. The average molecular weight is 305 g/mol. The lowest BCUT2D eigenvalue weighted by Crippen LogP contribution is -2.41. The monoisotopic (exact) mass is 305 g/mol. The van der Waals surface area contributed by atoms with E-state index in [1.54, 1.807) is 24.4 Å². The fourth-order valence-electron chi connectivity index (χ4n) is 2.57. The van der Waals surface area contributed by atoms with Crippen LogP contribution in [-0.2, 0) is 14.4 Å². The van der Waals surface area contributed by atoms with Crippen LogP contribution >= 0.6 is 0 Å². The zero-order valence-electron chi connectivity index (χ0n) is 12.4. The van der Waals surface area contributed by atoms with Gasteiger partial charge in [0.25, 0.3) is 0 Å². The van der Waals surface area contributed by atoms with Crippen LogP contribution in [0.15, 0.2) is 24.4 Å². The Labute approximate surface area is 128 Å². The van der Waals surface area contributed by atoms with Crippen molar-refractivity contribution in [2.45, 2.75) is 19.8 Å². The summed E-state index contributed by atoms with van der Waals surface area (Å²) in [5, 5.41) is 8.90. The van der Waals surface area contributed by atoms with Gasteiger partial charge in [0.2, 0.25) is 11.8 Å². The van der Waals surface area contributed by atoms with Crippen molar-refractivity contribution in [1.29, 1.82) is 0 Å². The first-order chi connectivity index (χ1) is 10.5. The molecule has 0 aliphatic carbocycles. The predicted octanol–water partition coefficient (Wildman–Crippen LogP) is 0.758. The second kappa shape index (κ2) is 7.02. The number of nitrogens with zero attached hydrogens (tertiary/aromatic N) is 3. The molecule has 0 saturated carbocycles. The Bertz CT molecular complexity index is 561. The van der Waals surface area contributed by atoms with Gasteiger partial charge in [-0.2, -0.15) is 0 Å². The first-order valence-corrected chi connectivity index (χ1v) is 7.25. The van der Waals surface area contributed by atoms with Crippen molar-refractivity contribution in [2.75, 3.05) is 24.5 Å². The normalized spacial score (nSPS) is 17.6. The van der Waals surface area contributed by atoms with Crippen LogP contribution in [0.5, 0.6) is 0 Å². The molecule has 0 spiro atoms. The van der Waals surface area contributed by atoms with E-state index in [1.165, 1.54) is 9.80 Å². The highest BCUT2D eigenvalue weighted by Crippen LogP contribution is 2.24. The molecule has 0 aromatic carbocycles. The van der Waals surface area contributed by atoms with Crippen molar-refractivity contribution in [2.24, 2.45) is 5.92 Å². The number of anilines is 1. The van der Waals surface area contributed by atoms with Crippen molar-refractivity contribution < 1.29 is 19.5 Å². The van der Waals surface area contributed by atoms with E-state index < -0.39 is 11.9 Å². The van der Waals surface area contributed by atoms with Gasteiger partial charge in [0, 0.05) is 25.7 Å². The van der Waals surface area contributed by atoms with E-state index in [1.807, 2.05) is 6.92 Å². The number of hydrogen-bond donors (Lipinski definition) is 1. The van der Waals surface area contributed by atoms with Crippen LogP contribution in [0.25, 0.3) is 0 Å². The van der Waals surface area contributed by atoms with Crippen LogP contribution in [0.1, 0.15) is 19.8 Å². The number of carboxylic acids is 1. The number of carbonyl (C=O) groups excluding carboxylic acids is 2. The zero-order valence-corrected chi connectivity index (χ0v) is 12.4. The third kappa shape index (κ3) is 3.60. The SMILES string of the molecule is CCCN(CC(=O)O)C(=O)C1CC(=O)N(c2ccccn2)C1. The average Bonchev–Trinajstić information content (AvgIpc) is 2.88. The third-order valence-electron chi connectivity index (χ3n) is 3.53. The van der Waals surface area contributed by atoms with Gasteiger partial charge in [-0.25, -0.2) is 4.98 Å². The number of hydrogen-bond acceptors (Lipinski definition) is 4.